The zero-order valence-electron chi connectivity index (χ0n) is 10.8. The van der Waals surface area contributed by atoms with E-state index in [0.29, 0.717) is 0 Å². The maximum atomic E-state index is 5.93. The fourth-order valence-electron chi connectivity index (χ4n) is 2.37. The second-order valence-electron chi connectivity index (χ2n) is 4.86. The molecule has 1 unspecified atom stereocenters. The van der Waals surface area contributed by atoms with Crippen LogP contribution in [0.3, 0.4) is 0 Å². The molecule has 1 aliphatic heterocycles. The number of anilines is 1. The normalized spacial score (nSPS) is 16.3. The number of hydrogen-bond donors (Lipinski definition) is 1. The number of benzene rings is 1. The minimum Gasteiger partial charge on any atom is -0.362 e. The predicted molar refractivity (Wildman–Crippen MR) is 77.8 cm³/mol. The van der Waals surface area contributed by atoms with Gasteiger partial charge in [0.15, 0.2) is 5.82 Å². The van der Waals surface area contributed by atoms with Crippen LogP contribution in [0.1, 0.15) is 24.4 Å². The van der Waals surface area contributed by atoms with Crippen molar-refractivity contribution in [1.82, 2.24) is 14.8 Å². The number of aromatic nitrogens is 3. The molecule has 5 nitrogen and oxygen atoms in total. The van der Waals surface area contributed by atoms with Gasteiger partial charge >= 0.3 is 0 Å². The third-order valence-electron chi connectivity index (χ3n) is 3.48. The molecule has 2 aromatic rings. The fraction of sp³-hybridized carbons (Fsp3) is 0.385. The summed E-state index contributed by atoms with van der Waals surface area (Å²) >= 11 is 3.60. The summed E-state index contributed by atoms with van der Waals surface area (Å²) < 4.78 is 3.16. The van der Waals surface area contributed by atoms with Crippen LogP contribution >= 0.6 is 15.9 Å². The van der Waals surface area contributed by atoms with Gasteiger partial charge in [-0.05, 0) is 24.6 Å². The summed E-state index contributed by atoms with van der Waals surface area (Å²) in [6.45, 7) is 4.68. The maximum Gasteiger partial charge on any atom is 0.152 e. The second kappa shape index (κ2) is 4.94. The summed E-state index contributed by atoms with van der Waals surface area (Å²) in [5.41, 5.74) is 8.24. The van der Waals surface area contributed by atoms with E-state index in [2.05, 4.69) is 53.8 Å². The molecule has 3 rings (SSSR count). The Morgan fingerprint density at radius 1 is 1.37 bits per heavy atom. The maximum absolute atomic E-state index is 5.93. The van der Waals surface area contributed by atoms with Gasteiger partial charge in [-0.1, -0.05) is 22.0 Å². The molecule has 0 amide bonds. The Labute approximate surface area is 120 Å². The van der Waals surface area contributed by atoms with Gasteiger partial charge in [-0.2, -0.15) is 0 Å². The Balaban J connectivity index is 1.86. The molecule has 0 bridgehead atoms. The van der Waals surface area contributed by atoms with E-state index in [-0.39, 0.29) is 6.04 Å². The lowest BCUT2D eigenvalue weighted by Gasteiger charge is -2.29. The first-order chi connectivity index (χ1) is 9.15. The molecule has 0 radical (unpaired) electrons. The van der Waals surface area contributed by atoms with Gasteiger partial charge in [-0.3, -0.25) is 0 Å². The van der Waals surface area contributed by atoms with E-state index in [1.165, 1.54) is 5.69 Å². The summed E-state index contributed by atoms with van der Waals surface area (Å²) in [7, 11) is 0. The molecule has 2 heterocycles. The van der Waals surface area contributed by atoms with Crippen molar-refractivity contribution < 1.29 is 0 Å². The number of rotatable bonds is 2. The lowest BCUT2D eigenvalue weighted by atomic mass is 10.1. The Hall–Kier alpha value is -1.40. The standard InChI is InChI=1S/C13H16BrN5/c1-9(15)11-3-2-10(6-12(11)14)18-4-5-19-8-16-17-13(19)7-18/h2-3,6,8-9H,4-5,7,15H2,1H3. The van der Waals surface area contributed by atoms with Crippen molar-refractivity contribution in [2.24, 2.45) is 5.73 Å². The molecule has 1 aromatic carbocycles. The lowest BCUT2D eigenvalue weighted by Crippen LogP contribution is -2.33. The Kier molecular flexibility index (Phi) is 3.28. The average molecular weight is 322 g/mol. The van der Waals surface area contributed by atoms with Crippen LogP contribution < -0.4 is 10.6 Å². The predicted octanol–water partition coefficient (Wildman–Crippen LogP) is 2.08. The number of hydrogen-bond acceptors (Lipinski definition) is 4. The summed E-state index contributed by atoms with van der Waals surface area (Å²) in [5, 5.41) is 8.09. The molecular weight excluding hydrogens is 306 g/mol. The topological polar surface area (TPSA) is 60.0 Å². The Bertz CT molecular complexity index is 592. The summed E-state index contributed by atoms with van der Waals surface area (Å²) in [6, 6.07) is 6.37. The zero-order valence-corrected chi connectivity index (χ0v) is 12.3. The highest BCUT2D eigenvalue weighted by Crippen LogP contribution is 2.28. The number of nitrogens with two attached hydrogens (primary N) is 1. The largest absolute Gasteiger partial charge is 0.362 e. The van der Waals surface area contributed by atoms with E-state index >= 15 is 0 Å². The highest BCUT2D eigenvalue weighted by molar-refractivity contribution is 9.10. The third kappa shape index (κ3) is 2.37. The molecule has 6 heteroatoms. The van der Waals surface area contributed by atoms with Crippen LogP contribution in [0.5, 0.6) is 0 Å². The number of halogens is 1. The first kappa shape index (κ1) is 12.6. The minimum atomic E-state index is 0.0351. The molecule has 0 fully saturated rings. The second-order valence-corrected chi connectivity index (χ2v) is 5.71. The Morgan fingerprint density at radius 2 is 2.21 bits per heavy atom. The van der Waals surface area contributed by atoms with Gasteiger partial charge in [0.05, 0.1) is 6.54 Å². The van der Waals surface area contributed by atoms with Gasteiger partial charge < -0.3 is 15.2 Å². The van der Waals surface area contributed by atoms with Crippen LogP contribution in [0.15, 0.2) is 29.0 Å². The molecular formula is C13H16BrN5. The molecule has 100 valence electrons. The van der Waals surface area contributed by atoms with E-state index in [1.54, 1.807) is 6.33 Å². The SMILES string of the molecule is CC(N)c1ccc(N2CCn3cnnc3C2)cc1Br. The van der Waals surface area contributed by atoms with Crippen LogP contribution in [0, 0.1) is 0 Å². The Morgan fingerprint density at radius 3 is 2.95 bits per heavy atom. The van der Waals surface area contributed by atoms with Gasteiger partial charge in [0, 0.05) is 29.3 Å². The monoisotopic (exact) mass is 321 g/mol. The molecule has 0 aliphatic carbocycles. The first-order valence-corrected chi connectivity index (χ1v) is 7.11. The fourth-order valence-corrected chi connectivity index (χ4v) is 3.10. The van der Waals surface area contributed by atoms with Crippen molar-refractivity contribution in [2.45, 2.75) is 26.1 Å². The molecule has 19 heavy (non-hydrogen) atoms. The summed E-state index contributed by atoms with van der Waals surface area (Å²) in [6.07, 6.45) is 1.79. The first-order valence-electron chi connectivity index (χ1n) is 6.32. The molecule has 1 aromatic heterocycles. The molecule has 0 saturated carbocycles. The molecule has 1 aliphatic rings. The molecule has 0 spiro atoms. The lowest BCUT2D eigenvalue weighted by molar-refractivity contribution is 0.560. The van der Waals surface area contributed by atoms with Crippen molar-refractivity contribution in [3.8, 4) is 0 Å². The molecule has 0 saturated heterocycles. The number of nitrogens with zero attached hydrogens (tertiary/aromatic N) is 4. The highest BCUT2D eigenvalue weighted by Gasteiger charge is 2.18. The van der Waals surface area contributed by atoms with E-state index in [9.17, 15) is 0 Å². The zero-order chi connectivity index (χ0) is 13.4. The smallest absolute Gasteiger partial charge is 0.152 e. The van der Waals surface area contributed by atoms with Gasteiger partial charge in [-0.15, -0.1) is 10.2 Å². The average Bonchev–Trinajstić information content (AvgIpc) is 2.85. The van der Waals surface area contributed by atoms with Crippen molar-refractivity contribution in [3.63, 3.8) is 0 Å². The quantitative estimate of drug-likeness (QED) is 0.920. The van der Waals surface area contributed by atoms with Crippen LogP contribution in [0.25, 0.3) is 0 Å². The molecule has 2 N–H and O–H groups in total. The van der Waals surface area contributed by atoms with Crippen LogP contribution in [0.2, 0.25) is 0 Å². The van der Waals surface area contributed by atoms with E-state index in [1.807, 2.05) is 6.92 Å². The van der Waals surface area contributed by atoms with Crippen LogP contribution in [0.4, 0.5) is 5.69 Å². The number of fused-ring (bicyclic) bond motifs is 1. The minimum absolute atomic E-state index is 0.0351. The van der Waals surface area contributed by atoms with Crippen molar-refractivity contribution >= 4 is 21.6 Å². The van der Waals surface area contributed by atoms with E-state index in [4.69, 9.17) is 5.73 Å². The van der Waals surface area contributed by atoms with E-state index in [0.717, 1.165) is 35.5 Å². The highest BCUT2D eigenvalue weighted by atomic mass is 79.9. The van der Waals surface area contributed by atoms with Gasteiger partial charge in [-0.25, -0.2) is 0 Å². The van der Waals surface area contributed by atoms with E-state index < -0.39 is 0 Å². The van der Waals surface area contributed by atoms with Crippen LogP contribution in [-0.4, -0.2) is 21.3 Å². The third-order valence-corrected chi connectivity index (χ3v) is 4.17. The molecule has 1 atom stereocenters. The van der Waals surface area contributed by atoms with Gasteiger partial charge in [0.1, 0.15) is 6.33 Å². The van der Waals surface area contributed by atoms with Gasteiger partial charge in [0.25, 0.3) is 0 Å². The summed E-state index contributed by atoms with van der Waals surface area (Å²) in [5.74, 6) is 1.01. The van der Waals surface area contributed by atoms with Gasteiger partial charge in [0.2, 0.25) is 0 Å². The van der Waals surface area contributed by atoms with Crippen molar-refractivity contribution in [2.75, 3.05) is 11.4 Å². The van der Waals surface area contributed by atoms with Crippen LogP contribution in [-0.2, 0) is 13.1 Å². The van der Waals surface area contributed by atoms with Crippen molar-refractivity contribution in [3.05, 3.63) is 40.4 Å². The summed E-state index contributed by atoms with van der Waals surface area (Å²) in [4.78, 5) is 2.31. The van der Waals surface area contributed by atoms with Crippen molar-refractivity contribution in [1.29, 1.82) is 0 Å².